The summed E-state index contributed by atoms with van der Waals surface area (Å²) in [6.45, 7) is 5.16. The van der Waals surface area contributed by atoms with Crippen molar-refractivity contribution in [3.05, 3.63) is 70.1 Å². The second-order valence-corrected chi connectivity index (χ2v) is 8.39. The van der Waals surface area contributed by atoms with Gasteiger partial charge in [0, 0.05) is 17.5 Å². The number of sulfonamides is 1. The fourth-order valence-electron chi connectivity index (χ4n) is 2.84. The normalized spacial score (nSPS) is 12.7. The molecule has 1 aromatic heterocycles. The minimum absolute atomic E-state index is 0.0577. The number of benzene rings is 2. The lowest BCUT2D eigenvalue weighted by Crippen LogP contribution is -2.40. The summed E-state index contributed by atoms with van der Waals surface area (Å²) in [6, 6.07) is 11.3. The van der Waals surface area contributed by atoms with Crippen molar-refractivity contribution >= 4 is 27.0 Å². The van der Waals surface area contributed by atoms with Crippen LogP contribution in [0.5, 0.6) is 5.75 Å². The van der Waals surface area contributed by atoms with E-state index in [0.717, 1.165) is 16.5 Å². The van der Waals surface area contributed by atoms with Gasteiger partial charge in [-0.15, -0.1) is 0 Å². The molecule has 1 atom stereocenters. The average molecular weight is 415 g/mol. The summed E-state index contributed by atoms with van der Waals surface area (Å²) in [6.07, 6.45) is 0.652. The first-order valence-corrected chi connectivity index (χ1v) is 10.6. The number of ether oxygens (including phenoxy) is 1. The number of fused-ring (bicyclic) bond motifs is 1. The van der Waals surface area contributed by atoms with Crippen LogP contribution in [0.25, 0.3) is 11.0 Å². The van der Waals surface area contributed by atoms with Gasteiger partial charge >= 0.3 is 11.6 Å². The Balaban J connectivity index is 1.77. The van der Waals surface area contributed by atoms with Crippen molar-refractivity contribution in [2.24, 2.45) is 0 Å². The minimum Gasteiger partial charge on any atom is -0.425 e. The molecule has 1 N–H and O–H groups in total. The molecular weight excluding hydrogens is 394 g/mol. The minimum atomic E-state index is -3.87. The van der Waals surface area contributed by atoms with Crippen molar-refractivity contribution in [3.8, 4) is 5.75 Å². The van der Waals surface area contributed by atoms with Gasteiger partial charge in [0.25, 0.3) is 0 Å². The number of carbonyl (C=O) groups excluding carboxylic acids is 1. The summed E-state index contributed by atoms with van der Waals surface area (Å²) in [5, 5.41) is 0.750. The summed E-state index contributed by atoms with van der Waals surface area (Å²) in [7, 11) is -3.87. The fourth-order valence-corrected chi connectivity index (χ4v) is 4.03. The summed E-state index contributed by atoms with van der Waals surface area (Å²) in [5.74, 6) is -0.630. The Morgan fingerprint density at radius 3 is 2.48 bits per heavy atom. The van der Waals surface area contributed by atoms with Crippen LogP contribution in [0.4, 0.5) is 0 Å². The smallest absolute Gasteiger partial charge is 0.336 e. The number of esters is 1. The van der Waals surface area contributed by atoms with Gasteiger partial charge in [-0.2, -0.15) is 4.72 Å². The molecule has 0 radical (unpaired) electrons. The number of hydrogen-bond donors (Lipinski definition) is 1. The third-order valence-corrected chi connectivity index (χ3v) is 5.97. The van der Waals surface area contributed by atoms with Crippen molar-refractivity contribution in [1.82, 2.24) is 4.72 Å². The Morgan fingerprint density at radius 1 is 1.14 bits per heavy atom. The lowest BCUT2D eigenvalue weighted by Gasteiger charge is -2.14. The lowest BCUT2D eigenvalue weighted by molar-refractivity contribution is -0.135. The molecule has 0 aliphatic heterocycles. The molecule has 7 nitrogen and oxygen atoms in total. The Morgan fingerprint density at radius 2 is 1.83 bits per heavy atom. The Bertz CT molecular complexity index is 1210. The zero-order valence-corrected chi connectivity index (χ0v) is 17.1. The summed E-state index contributed by atoms with van der Waals surface area (Å²) < 4.78 is 37.6. The van der Waals surface area contributed by atoms with Crippen LogP contribution < -0.4 is 15.1 Å². The highest BCUT2D eigenvalue weighted by Gasteiger charge is 2.23. The van der Waals surface area contributed by atoms with Gasteiger partial charge < -0.3 is 9.15 Å². The van der Waals surface area contributed by atoms with Crippen molar-refractivity contribution in [2.45, 2.75) is 38.1 Å². The Hall–Kier alpha value is -2.97. The van der Waals surface area contributed by atoms with Crippen LogP contribution >= 0.6 is 0 Å². The molecule has 3 aromatic rings. The SMILES string of the molecule is CCc1cc(=O)oc2cc(OC(=O)C(C)NS(=O)(=O)c3ccc(C)cc3)ccc12. The van der Waals surface area contributed by atoms with Gasteiger partial charge in [0.2, 0.25) is 10.0 Å². The Labute approximate surface area is 168 Å². The zero-order chi connectivity index (χ0) is 21.2. The third kappa shape index (κ3) is 4.72. The van der Waals surface area contributed by atoms with Gasteiger partial charge in [-0.25, -0.2) is 18.0 Å². The molecule has 0 spiro atoms. The van der Waals surface area contributed by atoms with E-state index in [9.17, 15) is 18.0 Å². The number of aryl methyl sites for hydroxylation is 2. The molecule has 1 unspecified atom stereocenters. The monoisotopic (exact) mass is 415 g/mol. The molecule has 152 valence electrons. The predicted molar refractivity (Wildman–Crippen MR) is 108 cm³/mol. The van der Waals surface area contributed by atoms with Crippen molar-refractivity contribution in [3.63, 3.8) is 0 Å². The molecule has 29 heavy (non-hydrogen) atoms. The summed E-state index contributed by atoms with van der Waals surface area (Å²) >= 11 is 0. The van der Waals surface area contributed by atoms with Gasteiger partial charge in [-0.1, -0.05) is 24.6 Å². The topological polar surface area (TPSA) is 103 Å². The van der Waals surface area contributed by atoms with E-state index in [1.165, 1.54) is 31.2 Å². The number of rotatable bonds is 6. The summed E-state index contributed by atoms with van der Waals surface area (Å²) in [4.78, 5) is 24.1. The van der Waals surface area contributed by atoms with Gasteiger partial charge in [0.1, 0.15) is 17.4 Å². The van der Waals surface area contributed by atoms with Gasteiger partial charge in [0.05, 0.1) is 4.90 Å². The van der Waals surface area contributed by atoms with E-state index >= 15 is 0 Å². The molecule has 8 heteroatoms. The van der Waals surface area contributed by atoms with Gasteiger partial charge in [0.15, 0.2) is 0 Å². The van der Waals surface area contributed by atoms with Crippen LogP contribution in [0.2, 0.25) is 0 Å². The van der Waals surface area contributed by atoms with E-state index in [-0.39, 0.29) is 10.6 Å². The number of nitrogens with one attached hydrogen (secondary N) is 1. The standard InChI is InChI=1S/C21H21NO6S/c1-4-15-11-20(23)28-19-12-16(7-10-18(15)19)27-21(24)14(3)22-29(25,26)17-8-5-13(2)6-9-17/h5-12,14,22H,4H2,1-3H3. The van der Waals surface area contributed by atoms with E-state index in [1.54, 1.807) is 24.3 Å². The molecule has 0 aliphatic rings. The van der Waals surface area contributed by atoms with Crippen molar-refractivity contribution in [2.75, 3.05) is 0 Å². The molecule has 0 fully saturated rings. The highest BCUT2D eigenvalue weighted by Crippen LogP contribution is 2.23. The lowest BCUT2D eigenvalue weighted by atomic mass is 10.1. The predicted octanol–water partition coefficient (Wildman–Crippen LogP) is 2.94. The van der Waals surface area contributed by atoms with Crippen LogP contribution in [0.1, 0.15) is 25.0 Å². The second-order valence-electron chi connectivity index (χ2n) is 6.68. The van der Waals surface area contributed by atoms with E-state index in [2.05, 4.69) is 4.72 Å². The number of carbonyl (C=O) groups is 1. The largest absolute Gasteiger partial charge is 0.425 e. The second kappa shape index (κ2) is 8.18. The maximum absolute atomic E-state index is 12.4. The molecule has 3 rings (SSSR count). The van der Waals surface area contributed by atoms with E-state index in [1.807, 2.05) is 13.8 Å². The molecular formula is C21H21NO6S. The highest BCUT2D eigenvalue weighted by atomic mass is 32.2. The molecule has 0 amide bonds. The first kappa shape index (κ1) is 20.8. The van der Waals surface area contributed by atoms with Crippen LogP contribution in [0, 0.1) is 6.92 Å². The maximum atomic E-state index is 12.4. The molecule has 0 saturated carbocycles. The van der Waals surface area contributed by atoms with Crippen molar-refractivity contribution in [1.29, 1.82) is 0 Å². The van der Waals surface area contributed by atoms with E-state index < -0.39 is 27.7 Å². The van der Waals surface area contributed by atoms with E-state index in [4.69, 9.17) is 9.15 Å². The third-order valence-electron chi connectivity index (χ3n) is 4.42. The first-order chi connectivity index (χ1) is 13.7. The number of hydrogen-bond acceptors (Lipinski definition) is 6. The van der Waals surface area contributed by atoms with Crippen LogP contribution in [-0.2, 0) is 21.2 Å². The van der Waals surface area contributed by atoms with E-state index in [0.29, 0.717) is 12.0 Å². The quantitative estimate of drug-likeness (QED) is 0.377. The molecule has 0 bridgehead atoms. The Kier molecular flexibility index (Phi) is 5.86. The summed E-state index contributed by atoms with van der Waals surface area (Å²) in [5.41, 5.74) is 1.56. The van der Waals surface area contributed by atoms with Crippen LogP contribution in [0.15, 0.2) is 62.6 Å². The van der Waals surface area contributed by atoms with Crippen LogP contribution in [0.3, 0.4) is 0 Å². The molecule has 2 aromatic carbocycles. The van der Waals surface area contributed by atoms with Crippen LogP contribution in [-0.4, -0.2) is 20.4 Å². The van der Waals surface area contributed by atoms with Gasteiger partial charge in [-0.05, 0) is 50.1 Å². The molecule has 1 heterocycles. The highest BCUT2D eigenvalue weighted by molar-refractivity contribution is 7.89. The average Bonchev–Trinajstić information content (AvgIpc) is 2.66. The van der Waals surface area contributed by atoms with Gasteiger partial charge in [-0.3, -0.25) is 0 Å². The maximum Gasteiger partial charge on any atom is 0.336 e. The molecule has 0 aliphatic carbocycles. The van der Waals surface area contributed by atoms with Crippen molar-refractivity contribution < 1.29 is 22.4 Å². The zero-order valence-electron chi connectivity index (χ0n) is 16.3. The fraction of sp³-hybridized carbons (Fsp3) is 0.238. The first-order valence-electron chi connectivity index (χ1n) is 9.07. The molecule has 0 saturated heterocycles.